The average molecular weight is 266 g/mol. The van der Waals surface area contributed by atoms with Crippen molar-refractivity contribution >= 4 is 5.97 Å². The summed E-state index contributed by atoms with van der Waals surface area (Å²) in [6.07, 6.45) is -6.42. The Morgan fingerprint density at radius 1 is 1.44 bits per heavy atom. The normalized spacial score (nSPS) is 13.4. The highest BCUT2D eigenvalue weighted by molar-refractivity contribution is 5.74. The first kappa shape index (κ1) is 14.4. The summed E-state index contributed by atoms with van der Waals surface area (Å²) in [5.41, 5.74) is -1.76. The lowest BCUT2D eigenvalue weighted by molar-refractivity contribution is -0.151. The van der Waals surface area contributed by atoms with Gasteiger partial charge in [-0.3, -0.25) is 0 Å². The van der Waals surface area contributed by atoms with E-state index in [2.05, 4.69) is 0 Å². The van der Waals surface area contributed by atoms with Gasteiger partial charge in [0.2, 0.25) is 0 Å². The van der Waals surface area contributed by atoms with Crippen molar-refractivity contribution in [3.63, 3.8) is 0 Å². The van der Waals surface area contributed by atoms with Crippen molar-refractivity contribution in [1.82, 2.24) is 0 Å². The topological polar surface area (TPSA) is 46.5 Å². The number of carboxylic acid groups (broad SMARTS) is 1. The molecule has 0 aromatic heterocycles. The number of benzene rings is 1. The molecule has 0 heterocycles. The molecular weight excluding hydrogens is 256 g/mol. The van der Waals surface area contributed by atoms with Crippen molar-refractivity contribution < 1.29 is 32.2 Å². The number of carboxylic acids is 1. The summed E-state index contributed by atoms with van der Waals surface area (Å²) in [5, 5.41) is 8.82. The zero-order valence-electron chi connectivity index (χ0n) is 9.29. The van der Waals surface area contributed by atoms with Crippen molar-refractivity contribution in [3.05, 3.63) is 35.1 Å². The van der Waals surface area contributed by atoms with Crippen LogP contribution in [0.2, 0.25) is 0 Å². The van der Waals surface area contributed by atoms with Crippen LogP contribution in [0, 0.1) is 5.82 Å². The fourth-order valence-corrected chi connectivity index (χ4v) is 1.40. The van der Waals surface area contributed by atoms with E-state index in [1.807, 2.05) is 0 Å². The van der Waals surface area contributed by atoms with Gasteiger partial charge in [-0.1, -0.05) is 6.07 Å². The number of ether oxygens (including phenoxy) is 1. The molecule has 0 saturated carbocycles. The fraction of sp³-hybridized carbons (Fsp3) is 0.364. The molecule has 18 heavy (non-hydrogen) atoms. The Balaban J connectivity index is 3.22. The molecule has 3 nitrogen and oxygen atoms in total. The maximum atomic E-state index is 13.0. The van der Waals surface area contributed by atoms with Crippen molar-refractivity contribution in [1.29, 1.82) is 0 Å². The minimum absolute atomic E-state index is 0.00962. The molecule has 7 heteroatoms. The van der Waals surface area contributed by atoms with E-state index in [0.29, 0.717) is 12.1 Å². The predicted molar refractivity (Wildman–Crippen MR) is 53.4 cm³/mol. The summed E-state index contributed by atoms with van der Waals surface area (Å²) in [5.74, 6) is -2.89. The van der Waals surface area contributed by atoms with Crippen LogP contribution < -0.4 is 0 Å². The van der Waals surface area contributed by atoms with E-state index in [0.717, 1.165) is 6.07 Å². The summed E-state index contributed by atoms with van der Waals surface area (Å²) in [7, 11) is 0. The zero-order valence-corrected chi connectivity index (χ0v) is 9.29. The van der Waals surface area contributed by atoms with Gasteiger partial charge in [0.05, 0.1) is 5.56 Å². The molecule has 1 atom stereocenters. The minimum atomic E-state index is -4.88. The summed E-state index contributed by atoms with van der Waals surface area (Å²) in [6.45, 7) is 1.51. The van der Waals surface area contributed by atoms with Gasteiger partial charge in [0, 0.05) is 6.61 Å². The molecule has 0 saturated heterocycles. The van der Waals surface area contributed by atoms with Crippen LogP contribution >= 0.6 is 0 Å². The number of aliphatic carboxylic acids is 1. The van der Waals surface area contributed by atoms with Gasteiger partial charge in [-0.05, 0) is 24.6 Å². The Hall–Kier alpha value is -1.63. The molecule has 1 rings (SSSR count). The van der Waals surface area contributed by atoms with E-state index in [9.17, 15) is 22.4 Å². The highest BCUT2D eigenvalue weighted by atomic mass is 19.4. The lowest BCUT2D eigenvalue weighted by Crippen LogP contribution is -2.17. The van der Waals surface area contributed by atoms with Gasteiger partial charge in [0.15, 0.2) is 6.10 Å². The zero-order chi connectivity index (χ0) is 13.9. The van der Waals surface area contributed by atoms with E-state index in [4.69, 9.17) is 9.84 Å². The molecule has 0 radical (unpaired) electrons. The number of rotatable bonds is 4. The van der Waals surface area contributed by atoms with E-state index in [1.54, 1.807) is 0 Å². The van der Waals surface area contributed by atoms with Crippen LogP contribution in [0.15, 0.2) is 18.2 Å². The van der Waals surface area contributed by atoms with Crippen LogP contribution in [0.25, 0.3) is 0 Å². The third kappa shape index (κ3) is 3.19. The van der Waals surface area contributed by atoms with E-state index in [1.165, 1.54) is 6.92 Å². The Morgan fingerprint density at radius 2 is 2.06 bits per heavy atom. The summed E-state index contributed by atoms with van der Waals surface area (Å²) in [4.78, 5) is 10.8. The van der Waals surface area contributed by atoms with E-state index < -0.39 is 29.6 Å². The molecular formula is C11H10F4O3. The summed E-state index contributed by atoms with van der Waals surface area (Å²) < 4.78 is 55.2. The quantitative estimate of drug-likeness (QED) is 0.852. The van der Waals surface area contributed by atoms with Crippen LogP contribution in [-0.2, 0) is 15.7 Å². The van der Waals surface area contributed by atoms with Crippen molar-refractivity contribution in [3.8, 4) is 0 Å². The molecule has 100 valence electrons. The molecule has 0 bridgehead atoms. The Labute approximate surface area is 100.0 Å². The number of carbonyl (C=O) groups is 1. The molecule has 0 spiro atoms. The molecule has 0 aliphatic rings. The molecule has 1 unspecified atom stereocenters. The van der Waals surface area contributed by atoms with E-state index in [-0.39, 0.29) is 12.2 Å². The number of halogens is 4. The second kappa shape index (κ2) is 5.34. The monoisotopic (exact) mass is 266 g/mol. The highest BCUT2D eigenvalue weighted by Crippen LogP contribution is 2.33. The first-order valence-corrected chi connectivity index (χ1v) is 4.98. The van der Waals surface area contributed by atoms with E-state index >= 15 is 0 Å². The molecule has 1 N–H and O–H groups in total. The van der Waals surface area contributed by atoms with Crippen molar-refractivity contribution in [2.24, 2.45) is 0 Å². The number of alkyl halides is 3. The molecule has 1 aromatic carbocycles. The van der Waals surface area contributed by atoms with Gasteiger partial charge < -0.3 is 9.84 Å². The smallest absolute Gasteiger partial charge is 0.419 e. The van der Waals surface area contributed by atoms with Crippen molar-refractivity contribution in [2.75, 3.05) is 6.61 Å². The van der Waals surface area contributed by atoms with Gasteiger partial charge in [0.25, 0.3) is 0 Å². The molecule has 1 aromatic rings. The second-order valence-electron chi connectivity index (χ2n) is 3.41. The molecule has 0 amide bonds. The Kier molecular flexibility index (Phi) is 4.28. The van der Waals surface area contributed by atoms with Crippen LogP contribution in [0.4, 0.5) is 17.6 Å². The fourth-order valence-electron chi connectivity index (χ4n) is 1.40. The van der Waals surface area contributed by atoms with Gasteiger partial charge in [-0.25, -0.2) is 9.18 Å². The first-order chi connectivity index (χ1) is 8.27. The lowest BCUT2D eigenvalue weighted by atomic mass is 10.0. The third-order valence-electron chi connectivity index (χ3n) is 2.16. The van der Waals surface area contributed by atoms with Crippen LogP contribution in [0.1, 0.15) is 24.2 Å². The Bertz CT molecular complexity index is 442. The van der Waals surface area contributed by atoms with Crippen LogP contribution in [0.5, 0.6) is 0 Å². The maximum absolute atomic E-state index is 13.0. The third-order valence-corrected chi connectivity index (χ3v) is 2.16. The first-order valence-electron chi connectivity index (χ1n) is 4.98. The largest absolute Gasteiger partial charge is 0.479 e. The van der Waals surface area contributed by atoms with Gasteiger partial charge in [0.1, 0.15) is 5.82 Å². The minimum Gasteiger partial charge on any atom is -0.479 e. The number of hydrogen-bond donors (Lipinski definition) is 1. The SMILES string of the molecule is CCOC(C(=O)O)c1ccc(F)c(C(F)(F)F)c1. The van der Waals surface area contributed by atoms with Crippen molar-refractivity contribution in [2.45, 2.75) is 19.2 Å². The standard InChI is InChI=1S/C11H10F4O3/c1-2-18-9(10(16)17)6-3-4-8(12)7(5-6)11(13,14)15/h3-5,9H,2H2,1H3,(H,16,17). The van der Waals surface area contributed by atoms with Gasteiger partial charge in [-0.15, -0.1) is 0 Å². The predicted octanol–water partition coefficient (Wildman–Crippen LogP) is 3.01. The average Bonchev–Trinajstić information content (AvgIpc) is 2.25. The molecule has 0 aliphatic carbocycles. The molecule has 0 fully saturated rings. The lowest BCUT2D eigenvalue weighted by Gasteiger charge is -2.15. The summed E-state index contributed by atoms with van der Waals surface area (Å²) in [6, 6.07) is 1.98. The summed E-state index contributed by atoms with van der Waals surface area (Å²) >= 11 is 0. The van der Waals surface area contributed by atoms with Crippen LogP contribution in [-0.4, -0.2) is 17.7 Å². The highest BCUT2D eigenvalue weighted by Gasteiger charge is 2.35. The Morgan fingerprint density at radius 3 is 2.50 bits per heavy atom. The van der Waals surface area contributed by atoms with Gasteiger partial charge >= 0.3 is 12.1 Å². The number of hydrogen-bond acceptors (Lipinski definition) is 2. The second-order valence-corrected chi connectivity index (χ2v) is 3.41. The molecule has 0 aliphatic heterocycles. The van der Waals surface area contributed by atoms with Gasteiger partial charge in [-0.2, -0.15) is 13.2 Å². The van der Waals surface area contributed by atoms with Crippen LogP contribution in [0.3, 0.4) is 0 Å². The maximum Gasteiger partial charge on any atom is 0.419 e.